The summed E-state index contributed by atoms with van der Waals surface area (Å²) in [6.45, 7) is 1.22. The van der Waals surface area contributed by atoms with Crippen LogP contribution in [0, 0.1) is 0 Å². The van der Waals surface area contributed by atoms with Gasteiger partial charge in [-0.1, -0.05) is 24.3 Å². The van der Waals surface area contributed by atoms with E-state index in [0.29, 0.717) is 12.2 Å². The highest BCUT2D eigenvalue weighted by atomic mass is 16.7. The van der Waals surface area contributed by atoms with E-state index in [9.17, 15) is 4.79 Å². The fraction of sp³-hybridized carbons (Fsp3) is 0.462. The lowest BCUT2D eigenvalue weighted by molar-refractivity contribution is -0.168. The normalized spacial score (nSPS) is 20.6. The molecule has 3 nitrogen and oxygen atoms in total. The first-order chi connectivity index (χ1) is 7.90. The molecule has 1 aromatic carbocycles. The van der Waals surface area contributed by atoms with Crippen LogP contribution in [0.2, 0.25) is 0 Å². The van der Waals surface area contributed by atoms with Crippen LogP contribution < -0.4 is 0 Å². The zero-order valence-corrected chi connectivity index (χ0v) is 9.22. The molecule has 86 valence electrons. The van der Waals surface area contributed by atoms with E-state index < -0.39 is 0 Å². The van der Waals surface area contributed by atoms with Crippen molar-refractivity contribution in [3.05, 3.63) is 35.4 Å². The minimum Gasteiger partial charge on any atom is -0.353 e. The second-order valence-corrected chi connectivity index (χ2v) is 3.92. The van der Waals surface area contributed by atoms with Crippen LogP contribution in [0.5, 0.6) is 0 Å². The highest BCUT2D eigenvalue weighted by Gasteiger charge is 2.14. The SMILES string of the molecule is O=Cc1ccccc1COC1CCCCO1. The molecule has 0 saturated carbocycles. The largest absolute Gasteiger partial charge is 0.353 e. The van der Waals surface area contributed by atoms with Crippen LogP contribution in [0.3, 0.4) is 0 Å². The van der Waals surface area contributed by atoms with Crippen LogP contribution in [-0.4, -0.2) is 19.2 Å². The van der Waals surface area contributed by atoms with Crippen LogP contribution in [0.15, 0.2) is 24.3 Å². The lowest BCUT2D eigenvalue weighted by Gasteiger charge is -2.22. The van der Waals surface area contributed by atoms with Crippen molar-refractivity contribution in [3.8, 4) is 0 Å². The molecule has 1 heterocycles. The van der Waals surface area contributed by atoms with Crippen LogP contribution in [-0.2, 0) is 16.1 Å². The van der Waals surface area contributed by atoms with Crippen molar-refractivity contribution in [1.29, 1.82) is 0 Å². The quantitative estimate of drug-likeness (QED) is 0.731. The van der Waals surface area contributed by atoms with Gasteiger partial charge in [0.25, 0.3) is 0 Å². The molecule has 1 saturated heterocycles. The van der Waals surface area contributed by atoms with Crippen LogP contribution >= 0.6 is 0 Å². The summed E-state index contributed by atoms with van der Waals surface area (Å²) in [6, 6.07) is 7.47. The molecule has 0 N–H and O–H groups in total. The van der Waals surface area contributed by atoms with Crippen molar-refractivity contribution in [2.45, 2.75) is 32.2 Å². The Kier molecular flexibility index (Phi) is 4.08. The molecule has 1 aliphatic rings. The fourth-order valence-corrected chi connectivity index (χ4v) is 1.81. The summed E-state index contributed by atoms with van der Waals surface area (Å²) in [6.07, 6.45) is 3.97. The summed E-state index contributed by atoms with van der Waals surface area (Å²) in [4.78, 5) is 10.8. The molecule has 0 bridgehead atoms. The molecule has 16 heavy (non-hydrogen) atoms. The maximum Gasteiger partial charge on any atom is 0.158 e. The first-order valence-electron chi connectivity index (χ1n) is 5.66. The lowest BCUT2D eigenvalue weighted by Crippen LogP contribution is -2.22. The average molecular weight is 220 g/mol. The Morgan fingerprint density at radius 1 is 1.38 bits per heavy atom. The molecule has 0 spiro atoms. The van der Waals surface area contributed by atoms with Gasteiger partial charge in [0.15, 0.2) is 6.29 Å². The molecule has 1 unspecified atom stereocenters. The van der Waals surface area contributed by atoms with Crippen LogP contribution in [0.1, 0.15) is 35.2 Å². The van der Waals surface area contributed by atoms with Gasteiger partial charge >= 0.3 is 0 Å². The predicted molar refractivity (Wildman–Crippen MR) is 60.2 cm³/mol. The third-order valence-corrected chi connectivity index (χ3v) is 2.74. The van der Waals surface area contributed by atoms with Gasteiger partial charge in [0.05, 0.1) is 6.61 Å². The van der Waals surface area contributed by atoms with Gasteiger partial charge in [-0.05, 0) is 24.8 Å². The average Bonchev–Trinajstić information content (AvgIpc) is 2.38. The molecule has 0 radical (unpaired) electrons. The summed E-state index contributed by atoms with van der Waals surface area (Å²) in [7, 11) is 0. The maximum atomic E-state index is 10.8. The third-order valence-electron chi connectivity index (χ3n) is 2.74. The van der Waals surface area contributed by atoms with E-state index in [1.165, 1.54) is 0 Å². The standard InChI is InChI=1S/C13H16O3/c14-9-11-5-1-2-6-12(11)10-16-13-7-3-4-8-15-13/h1-2,5-6,9,13H,3-4,7-8,10H2. The topological polar surface area (TPSA) is 35.5 Å². The first kappa shape index (κ1) is 11.3. The Morgan fingerprint density at radius 2 is 2.25 bits per heavy atom. The second kappa shape index (κ2) is 5.77. The van der Waals surface area contributed by atoms with E-state index in [4.69, 9.17) is 9.47 Å². The van der Waals surface area contributed by atoms with Gasteiger partial charge in [0.2, 0.25) is 0 Å². The Labute approximate surface area is 95.4 Å². The Hall–Kier alpha value is -1.19. The van der Waals surface area contributed by atoms with Crippen LogP contribution in [0.25, 0.3) is 0 Å². The molecular weight excluding hydrogens is 204 g/mol. The van der Waals surface area contributed by atoms with E-state index in [2.05, 4.69) is 0 Å². The number of rotatable bonds is 4. The maximum absolute atomic E-state index is 10.8. The minimum atomic E-state index is -0.103. The molecule has 0 amide bonds. The van der Waals surface area contributed by atoms with Crippen molar-refractivity contribution in [2.24, 2.45) is 0 Å². The fourth-order valence-electron chi connectivity index (χ4n) is 1.81. The Bertz CT molecular complexity index is 343. The Morgan fingerprint density at radius 3 is 3.00 bits per heavy atom. The van der Waals surface area contributed by atoms with Crippen LogP contribution in [0.4, 0.5) is 0 Å². The van der Waals surface area contributed by atoms with Crippen molar-refractivity contribution in [1.82, 2.24) is 0 Å². The van der Waals surface area contributed by atoms with Gasteiger partial charge < -0.3 is 9.47 Å². The molecule has 1 aliphatic heterocycles. The second-order valence-electron chi connectivity index (χ2n) is 3.92. The molecule has 0 aromatic heterocycles. The zero-order chi connectivity index (χ0) is 11.2. The molecule has 1 fully saturated rings. The van der Waals surface area contributed by atoms with E-state index in [1.54, 1.807) is 6.07 Å². The van der Waals surface area contributed by atoms with E-state index >= 15 is 0 Å². The smallest absolute Gasteiger partial charge is 0.158 e. The first-order valence-corrected chi connectivity index (χ1v) is 5.66. The summed E-state index contributed by atoms with van der Waals surface area (Å²) in [5, 5.41) is 0. The lowest BCUT2D eigenvalue weighted by atomic mass is 10.1. The number of ether oxygens (including phenoxy) is 2. The van der Waals surface area contributed by atoms with Gasteiger partial charge in [-0.15, -0.1) is 0 Å². The van der Waals surface area contributed by atoms with Gasteiger partial charge in [0.1, 0.15) is 6.29 Å². The molecular formula is C13H16O3. The number of hydrogen-bond acceptors (Lipinski definition) is 3. The van der Waals surface area contributed by atoms with E-state index in [0.717, 1.165) is 37.7 Å². The summed E-state index contributed by atoms with van der Waals surface area (Å²) in [5.41, 5.74) is 1.62. The molecule has 2 rings (SSSR count). The van der Waals surface area contributed by atoms with Crippen molar-refractivity contribution in [2.75, 3.05) is 6.61 Å². The number of carbonyl (C=O) groups is 1. The van der Waals surface area contributed by atoms with Gasteiger partial charge in [-0.3, -0.25) is 4.79 Å². The number of hydrogen-bond donors (Lipinski definition) is 0. The molecule has 3 heteroatoms. The number of aldehydes is 1. The van der Waals surface area contributed by atoms with Gasteiger partial charge in [-0.2, -0.15) is 0 Å². The minimum absolute atomic E-state index is 0.103. The van der Waals surface area contributed by atoms with Crippen molar-refractivity contribution >= 4 is 6.29 Å². The zero-order valence-electron chi connectivity index (χ0n) is 9.22. The summed E-state index contributed by atoms with van der Waals surface area (Å²) >= 11 is 0. The summed E-state index contributed by atoms with van der Waals surface area (Å²) in [5.74, 6) is 0. The van der Waals surface area contributed by atoms with E-state index in [1.807, 2.05) is 18.2 Å². The van der Waals surface area contributed by atoms with Crippen molar-refractivity contribution in [3.63, 3.8) is 0 Å². The molecule has 0 aliphatic carbocycles. The molecule has 1 aromatic rings. The Balaban J connectivity index is 1.90. The number of carbonyl (C=O) groups excluding carboxylic acids is 1. The van der Waals surface area contributed by atoms with E-state index in [-0.39, 0.29) is 6.29 Å². The highest BCUT2D eigenvalue weighted by molar-refractivity contribution is 5.76. The monoisotopic (exact) mass is 220 g/mol. The third kappa shape index (κ3) is 2.90. The van der Waals surface area contributed by atoms with Gasteiger partial charge in [0, 0.05) is 12.2 Å². The number of benzene rings is 1. The molecule has 1 atom stereocenters. The predicted octanol–water partition coefficient (Wildman–Crippen LogP) is 2.54. The van der Waals surface area contributed by atoms with Crippen molar-refractivity contribution < 1.29 is 14.3 Å². The summed E-state index contributed by atoms with van der Waals surface area (Å²) < 4.78 is 11.1. The highest BCUT2D eigenvalue weighted by Crippen LogP contribution is 2.16. The van der Waals surface area contributed by atoms with Gasteiger partial charge in [-0.25, -0.2) is 0 Å².